The lowest BCUT2D eigenvalue weighted by molar-refractivity contribution is 0.509. The Hall–Kier alpha value is -1.18. The van der Waals surface area contributed by atoms with Crippen molar-refractivity contribution in [3.05, 3.63) is 28.9 Å². The second kappa shape index (κ2) is 3.66. The van der Waals surface area contributed by atoms with Gasteiger partial charge in [-0.1, -0.05) is 47.6 Å². The Labute approximate surface area is 104 Å². The number of rotatable bonds is 0. The molecule has 0 radical (unpaired) electrons. The molecule has 1 aliphatic rings. The van der Waals surface area contributed by atoms with Gasteiger partial charge in [-0.2, -0.15) is 0 Å². The van der Waals surface area contributed by atoms with Crippen molar-refractivity contribution in [3.8, 4) is 0 Å². The molecule has 0 bridgehead atoms. The average Bonchev–Trinajstić information content (AvgIpc) is 2.59. The van der Waals surface area contributed by atoms with Crippen LogP contribution < -0.4 is 0 Å². The van der Waals surface area contributed by atoms with E-state index in [-0.39, 0.29) is 10.8 Å². The first-order valence-corrected chi connectivity index (χ1v) is 6.28. The molecule has 0 spiro atoms. The highest BCUT2D eigenvalue weighted by molar-refractivity contribution is 5.58. The van der Waals surface area contributed by atoms with Crippen molar-refractivity contribution in [3.63, 3.8) is 0 Å². The van der Waals surface area contributed by atoms with Crippen LogP contribution in [-0.4, -0.2) is 9.97 Å². The highest BCUT2D eigenvalue weighted by Crippen LogP contribution is 2.32. The molecule has 0 unspecified atom stereocenters. The Morgan fingerprint density at radius 3 is 2.12 bits per heavy atom. The van der Waals surface area contributed by atoms with Gasteiger partial charge in [0.1, 0.15) is 5.82 Å². The van der Waals surface area contributed by atoms with Gasteiger partial charge >= 0.3 is 0 Å². The zero-order valence-corrected chi connectivity index (χ0v) is 11.8. The number of aromatic nitrogens is 2. The molecule has 0 aromatic carbocycles. The maximum Gasteiger partial charge on any atom is 0.134 e. The van der Waals surface area contributed by atoms with Gasteiger partial charge in [0.15, 0.2) is 0 Å². The molecule has 0 aliphatic heterocycles. The van der Waals surface area contributed by atoms with Crippen LogP contribution in [0.1, 0.15) is 64.3 Å². The molecule has 0 saturated heterocycles. The van der Waals surface area contributed by atoms with Crippen molar-refractivity contribution >= 4 is 6.08 Å². The highest BCUT2D eigenvalue weighted by Gasteiger charge is 2.27. The summed E-state index contributed by atoms with van der Waals surface area (Å²) in [7, 11) is 0. The minimum absolute atomic E-state index is 0.00542. The van der Waals surface area contributed by atoms with E-state index in [1.807, 2.05) is 0 Å². The monoisotopic (exact) mass is 230 g/mol. The third-order valence-corrected chi connectivity index (χ3v) is 3.02. The van der Waals surface area contributed by atoms with Crippen LogP contribution in [0.3, 0.4) is 0 Å². The molecule has 0 N–H and O–H groups in total. The number of hydrogen-bond donors (Lipinski definition) is 0. The Kier molecular flexibility index (Phi) is 2.64. The predicted octanol–water partition coefficient (Wildman–Crippen LogP) is 3.64. The molecule has 2 rings (SSSR count). The first kappa shape index (κ1) is 12.3. The molecule has 0 atom stereocenters. The molecular formula is C15H22N2. The van der Waals surface area contributed by atoms with Gasteiger partial charge in [0.05, 0.1) is 11.4 Å². The van der Waals surface area contributed by atoms with E-state index < -0.39 is 0 Å². The number of hydrogen-bond acceptors (Lipinski definition) is 2. The molecule has 0 saturated carbocycles. The molecule has 1 aromatic rings. The minimum atomic E-state index is 0.00542. The van der Waals surface area contributed by atoms with E-state index in [4.69, 9.17) is 9.97 Å². The van der Waals surface area contributed by atoms with E-state index in [1.165, 1.54) is 11.3 Å². The maximum absolute atomic E-state index is 4.84. The highest BCUT2D eigenvalue weighted by atomic mass is 14.9. The summed E-state index contributed by atoms with van der Waals surface area (Å²) in [6.45, 7) is 13.2. The zero-order valence-electron chi connectivity index (χ0n) is 11.8. The van der Waals surface area contributed by atoms with Crippen LogP contribution in [0.15, 0.2) is 6.08 Å². The number of allylic oxidation sites excluding steroid dienone is 1. The summed E-state index contributed by atoms with van der Waals surface area (Å²) in [5, 5.41) is 0. The first-order valence-electron chi connectivity index (χ1n) is 6.28. The van der Waals surface area contributed by atoms with Gasteiger partial charge in [-0.05, 0) is 12.5 Å². The van der Waals surface area contributed by atoms with Crippen LogP contribution in [0.4, 0.5) is 0 Å². The van der Waals surface area contributed by atoms with Crippen molar-refractivity contribution in [2.45, 2.75) is 58.8 Å². The fourth-order valence-electron chi connectivity index (χ4n) is 2.08. The van der Waals surface area contributed by atoms with Crippen molar-refractivity contribution in [2.24, 2.45) is 0 Å². The van der Waals surface area contributed by atoms with E-state index in [2.05, 4.69) is 53.7 Å². The van der Waals surface area contributed by atoms with Gasteiger partial charge in [0.2, 0.25) is 0 Å². The predicted molar refractivity (Wildman–Crippen MR) is 72.2 cm³/mol. The lowest BCUT2D eigenvalue weighted by Crippen LogP contribution is -2.24. The molecule has 1 aromatic heterocycles. The van der Waals surface area contributed by atoms with Gasteiger partial charge in [-0.3, -0.25) is 0 Å². The maximum atomic E-state index is 4.84. The zero-order chi connectivity index (χ0) is 12.8. The number of nitrogens with zero attached hydrogens (tertiary/aromatic N) is 2. The topological polar surface area (TPSA) is 25.8 Å². The Balaban J connectivity index is 2.65. The smallest absolute Gasteiger partial charge is 0.134 e. The van der Waals surface area contributed by atoms with Crippen LogP contribution >= 0.6 is 0 Å². The third kappa shape index (κ3) is 2.26. The van der Waals surface area contributed by atoms with Gasteiger partial charge < -0.3 is 0 Å². The lowest BCUT2D eigenvalue weighted by atomic mass is 9.86. The quantitative estimate of drug-likeness (QED) is 0.680. The molecule has 1 aliphatic carbocycles. The fraction of sp³-hybridized carbons (Fsp3) is 0.600. The molecule has 17 heavy (non-hydrogen) atoms. The first-order chi connectivity index (χ1) is 7.69. The normalized spacial score (nSPS) is 15.2. The van der Waals surface area contributed by atoms with E-state index in [0.717, 1.165) is 17.9 Å². The van der Waals surface area contributed by atoms with Crippen molar-refractivity contribution in [1.29, 1.82) is 0 Å². The van der Waals surface area contributed by atoms with Gasteiger partial charge in [-0.15, -0.1) is 0 Å². The van der Waals surface area contributed by atoms with Crippen LogP contribution in [0.25, 0.3) is 6.08 Å². The Morgan fingerprint density at radius 2 is 1.59 bits per heavy atom. The Morgan fingerprint density at radius 1 is 0.941 bits per heavy atom. The van der Waals surface area contributed by atoms with Crippen molar-refractivity contribution in [1.82, 2.24) is 9.97 Å². The largest absolute Gasteiger partial charge is 0.236 e. The SMILES string of the molecule is CC(C)(C)c1nc2c(c(C(C)(C)C)n1)CC=C2. The van der Waals surface area contributed by atoms with Crippen LogP contribution in [0.5, 0.6) is 0 Å². The summed E-state index contributed by atoms with van der Waals surface area (Å²) >= 11 is 0. The second-order valence-corrected chi connectivity index (χ2v) is 6.87. The van der Waals surface area contributed by atoms with Crippen LogP contribution in [0.2, 0.25) is 0 Å². The summed E-state index contributed by atoms with van der Waals surface area (Å²) in [6.07, 6.45) is 5.29. The molecule has 92 valence electrons. The second-order valence-electron chi connectivity index (χ2n) is 6.87. The summed E-state index contributed by atoms with van der Waals surface area (Å²) in [5.74, 6) is 0.952. The van der Waals surface area contributed by atoms with E-state index >= 15 is 0 Å². The third-order valence-electron chi connectivity index (χ3n) is 3.02. The molecule has 2 heteroatoms. The van der Waals surface area contributed by atoms with E-state index in [0.29, 0.717) is 0 Å². The van der Waals surface area contributed by atoms with E-state index in [9.17, 15) is 0 Å². The molecule has 1 heterocycles. The van der Waals surface area contributed by atoms with Crippen LogP contribution in [0, 0.1) is 0 Å². The van der Waals surface area contributed by atoms with Gasteiger partial charge in [0.25, 0.3) is 0 Å². The van der Waals surface area contributed by atoms with Crippen molar-refractivity contribution < 1.29 is 0 Å². The van der Waals surface area contributed by atoms with Crippen LogP contribution in [-0.2, 0) is 17.3 Å². The molecule has 0 amide bonds. The minimum Gasteiger partial charge on any atom is -0.236 e. The molecule has 0 fully saturated rings. The van der Waals surface area contributed by atoms with Gasteiger partial charge in [-0.25, -0.2) is 9.97 Å². The van der Waals surface area contributed by atoms with Crippen molar-refractivity contribution in [2.75, 3.05) is 0 Å². The standard InChI is InChI=1S/C15H22N2/c1-14(2,3)12-10-8-7-9-11(10)16-13(17-12)15(4,5)6/h7,9H,8H2,1-6H3. The molecule has 2 nitrogen and oxygen atoms in total. The fourth-order valence-corrected chi connectivity index (χ4v) is 2.08. The average molecular weight is 230 g/mol. The summed E-state index contributed by atoms with van der Waals surface area (Å²) in [5.41, 5.74) is 3.72. The summed E-state index contributed by atoms with van der Waals surface area (Å²) < 4.78 is 0. The van der Waals surface area contributed by atoms with Gasteiger partial charge in [0, 0.05) is 16.4 Å². The molecular weight excluding hydrogens is 208 g/mol. The Bertz CT molecular complexity index is 471. The summed E-state index contributed by atoms with van der Waals surface area (Å²) in [6, 6.07) is 0. The summed E-state index contributed by atoms with van der Waals surface area (Å²) in [4.78, 5) is 9.54. The number of fused-ring (bicyclic) bond motifs is 1. The lowest BCUT2D eigenvalue weighted by Gasteiger charge is -2.25. The van der Waals surface area contributed by atoms with E-state index in [1.54, 1.807) is 0 Å².